The molecule has 0 aliphatic heterocycles. The molecule has 1 saturated carbocycles. The molecule has 0 radical (unpaired) electrons. The highest BCUT2D eigenvalue weighted by Gasteiger charge is 2.24. The highest BCUT2D eigenvalue weighted by molar-refractivity contribution is 7.89. The molecular weight excluding hydrogens is 294 g/mol. The normalized spacial score (nSPS) is 23.1. The molecule has 7 nitrogen and oxygen atoms in total. The van der Waals surface area contributed by atoms with Gasteiger partial charge in [0.15, 0.2) is 0 Å². The Kier molecular flexibility index (Phi) is 5.02. The number of carbonyl (C=O) groups is 1. The molecule has 1 aromatic rings. The molecule has 1 amide bonds. The van der Waals surface area contributed by atoms with Gasteiger partial charge in [-0.15, -0.1) is 0 Å². The zero-order valence-corrected chi connectivity index (χ0v) is 12.8. The largest absolute Gasteiger partial charge is 0.447 e. The Morgan fingerprint density at radius 3 is 2.57 bits per heavy atom. The first-order chi connectivity index (χ1) is 9.92. The number of nitrogens with one attached hydrogen (secondary N) is 2. The summed E-state index contributed by atoms with van der Waals surface area (Å²) in [6, 6.07) is 3.38. The first-order valence-electron chi connectivity index (χ1n) is 6.97. The van der Waals surface area contributed by atoms with Crippen molar-refractivity contribution in [1.82, 2.24) is 10.0 Å². The summed E-state index contributed by atoms with van der Waals surface area (Å²) < 4.78 is 30.6. The fourth-order valence-corrected chi connectivity index (χ4v) is 3.19. The Hall–Kier alpha value is -1.38. The number of sulfonamides is 1. The van der Waals surface area contributed by atoms with E-state index in [-0.39, 0.29) is 16.9 Å². The van der Waals surface area contributed by atoms with E-state index in [9.17, 15) is 13.2 Å². The van der Waals surface area contributed by atoms with Crippen LogP contribution in [0.4, 0.5) is 0 Å². The average Bonchev–Trinajstić information content (AvgIpc) is 2.95. The van der Waals surface area contributed by atoms with Gasteiger partial charge in [0.1, 0.15) is 5.76 Å². The highest BCUT2D eigenvalue weighted by Crippen LogP contribution is 2.24. The van der Waals surface area contributed by atoms with Crippen LogP contribution in [0.15, 0.2) is 21.6 Å². The minimum absolute atomic E-state index is 0.0148. The predicted molar refractivity (Wildman–Crippen MR) is 76.7 cm³/mol. The molecule has 1 aliphatic carbocycles. The second kappa shape index (κ2) is 6.59. The van der Waals surface area contributed by atoms with Crippen molar-refractivity contribution in [2.45, 2.75) is 43.4 Å². The van der Waals surface area contributed by atoms with Crippen LogP contribution >= 0.6 is 0 Å². The van der Waals surface area contributed by atoms with Crippen molar-refractivity contribution in [2.75, 3.05) is 7.05 Å². The summed E-state index contributed by atoms with van der Waals surface area (Å²) in [5.41, 5.74) is 5.30. The van der Waals surface area contributed by atoms with Crippen molar-refractivity contribution < 1.29 is 17.6 Å². The van der Waals surface area contributed by atoms with Crippen LogP contribution in [0.25, 0.3) is 0 Å². The average molecular weight is 315 g/mol. The van der Waals surface area contributed by atoms with Gasteiger partial charge >= 0.3 is 0 Å². The minimum Gasteiger partial charge on any atom is -0.447 e. The lowest BCUT2D eigenvalue weighted by Gasteiger charge is -2.27. The van der Waals surface area contributed by atoms with Crippen molar-refractivity contribution in [3.63, 3.8) is 0 Å². The molecule has 1 aromatic heterocycles. The van der Waals surface area contributed by atoms with E-state index in [0.717, 1.165) is 25.7 Å². The van der Waals surface area contributed by atoms with Crippen LogP contribution in [0.2, 0.25) is 0 Å². The molecule has 0 bridgehead atoms. The van der Waals surface area contributed by atoms with E-state index in [0.29, 0.717) is 18.3 Å². The summed E-state index contributed by atoms with van der Waals surface area (Å²) in [6.07, 6.45) is 3.36. The summed E-state index contributed by atoms with van der Waals surface area (Å²) >= 11 is 0. The van der Waals surface area contributed by atoms with Crippen LogP contribution in [0.5, 0.6) is 0 Å². The topological polar surface area (TPSA) is 114 Å². The Morgan fingerprint density at radius 2 is 2.00 bits per heavy atom. The van der Waals surface area contributed by atoms with E-state index >= 15 is 0 Å². The standard InChI is InChI=1S/C13H21N3O4S/c1-15-21(18,19)12-7-6-11(20-12)8-16-10-4-2-9(3-5-10)13(14)17/h6-7,9-10,15-16H,2-5,8H2,1H3,(H2,14,17). The van der Waals surface area contributed by atoms with Gasteiger partial charge in [0, 0.05) is 12.0 Å². The SMILES string of the molecule is CNS(=O)(=O)c1ccc(CNC2CCC(C(N)=O)CC2)o1. The van der Waals surface area contributed by atoms with Gasteiger partial charge < -0.3 is 15.5 Å². The van der Waals surface area contributed by atoms with Crippen LogP contribution in [0.1, 0.15) is 31.4 Å². The lowest BCUT2D eigenvalue weighted by molar-refractivity contribution is -0.122. The molecule has 118 valence electrons. The molecule has 0 aromatic carbocycles. The Bertz CT molecular complexity index is 588. The van der Waals surface area contributed by atoms with E-state index < -0.39 is 10.0 Å². The van der Waals surface area contributed by atoms with E-state index in [1.54, 1.807) is 6.07 Å². The van der Waals surface area contributed by atoms with Gasteiger partial charge in [-0.25, -0.2) is 13.1 Å². The molecule has 2 rings (SSSR count). The highest BCUT2D eigenvalue weighted by atomic mass is 32.2. The van der Waals surface area contributed by atoms with E-state index in [1.807, 2.05) is 0 Å². The zero-order valence-electron chi connectivity index (χ0n) is 12.0. The molecule has 1 heterocycles. The number of primary amides is 1. The first kappa shape index (κ1) is 16.0. The van der Waals surface area contributed by atoms with Crippen LogP contribution < -0.4 is 15.8 Å². The number of hydrogen-bond donors (Lipinski definition) is 3. The van der Waals surface area contributed by atoms with Crippen LogP contribution in [0.3, 0.4) is 0 Å². The monoisotopic (exact) mass is 315 g/mol. The van der Waals surface area contributed by atoms with Crippen molar-refractivity contribution >= 4 is 15.9 Å². The third-order valence-electron chi connectivity index (χ3n) is 3.87. The lowest BCUT2D eigenvalue weighted by Crippen LogP contribution is -2.36. The summed E-state index contributed by atoms with van der Waals surface area (Å²) in [7, 11) is -2.19. The molecule has 4 N–H and O–H groups in total. The summed E-state index contributed by atoms with van der Waals surface area (Å²) in [5.74, 6) is 0.335. The molecule has 0 atom stereocenters. The smallest absolute Gasteiger partial charge is 0.273 e. The number of hydrogen-bond acceptors (Lipinski definition) is 5. The van der Waals surface area contributed by atoms with Gasteiger partial charge in [-0.1, -0.05) is 0 Å². The maximum atomic E-state index is 11.6. The summed E-state index contributed by atoms with van der Waals surface area (Å²) in [5, 5.41) is 3.24. The maximum Gasteiger partial charge on any atom is 0.273 e. The predicted octanol–water partition coefficient (Wildman–Crippen LogP) is 0.321. The number of nitrogens with two attached hydrogens (primary N) is 1. The molecule has 1 fully saturated rings. The van der Waals surface area contributed by atoms with Gasteiger partial charge in [-0.2, -0.15) is 0 Å². The van der Waals surface area contributed by atoms with Crippen molar-refractivity contribution in [1.29, 1.82) is 0 Å². The number of amides is 1. The van der Waals surface area contributed by atoms with Gasteiger partial charge in [-0.3, -0.25) is 4.79 Å². The number of carbonyl (C=O) groups excluding carboxylic acids is 1. The maximum absolute atomic E-state index is 11.6. The number of rotatable bonds is 6. The molecule has 21 heavy (non-hydrogen) atoms. The van der Waals surface area contributed by atoms with E-state index in [1.165, 1.54) is 13.1 Å². The molecule has 0 spiro atoms. The van der Waals surface area contributed by atoms with Gasteiger partial charge in [0.25, 0.3) is 10.0 Å². The third kappa shape index (κ3) is 4.05. The van der Waals surface area contributed by atoms with E-state index in [4.69, 9.17) is 10.2 Å². The van der Waals surface area contributed by atoms with Crippen LogP contribution in [-0.4, -0.2) is 27.4 Å². The number of furan rings is 1. The Labute approximate surface area is 124 Å². The third-order valence-corrected chi connectivity index (χ3v) is 5.15. The first-order valence-corrected chi connectivity index (χ1v) is 8.45. The lowest BCUT2D eigenvalue weighted by atomic mass is 9.85. The van der Waals surface area contributed by atoms with Gasteiger partial charge in [0.2, 0.25) is 11.0 Å². The summed E-state index contributed by atoms with van der Waals surface area (Å²) in [6.45, 7) is 0.463. The molecule has 8 heteroatoms. The molecular formula is C13H21N3O4S. The van der Waals surface area contributed by atoms with Crippen molar-refractivity contribution in [3.8, 4) is 0 Å². The van der Waals surface area contributed by atoms with Crippen molar-refractivity contribution in [2.24, 2.45) is 11.7 Å². The quantitative estimate of drug-likeness (QED) is 0.699. The fraction of sp³-hybridized carbons (Fsp3) is 0.615. The molecule has 0 saturated heterocycles. The second-order valence-corrected chi connectivity index (χ2v) is 7.08. The molecule has 1 aliphatic rings. The zero-order chi connectivity index (χ0) is 15.5. The van der Waals surface area contributed by atoms with Crippen LogP contribution in [0, 0.1) is 5.92 Å². The van der Waals surface area contributed by atoms with Crippen molar-refractivity contribution in [3.05, 3.63) is 17.9 Å². The van der Waals surface area contributed by atoms with Crippen LogP contribution in [-0.2, 0) is 21.4 Å². The Balaban J connectivity index is 1.83. The van der Waals surface area contributed by atoms with Gasteiger partial charge in [-0.05, 0) is 44.9 Å². The molecule has 0 unspecified atom stereocenters. The minimum atomic E-state index is -3.53. The van der Waals surface area contributed by atoms with E-state index in [2.05, 4.69) is 10.0 Å². The second-order valence-electron chi connectivity index (χ2n) is 5.26. The fourth-order valence-electron chi connectivity index (χ4n) is 2.53. The Morgan fingerprint density at radius 1 is 1.33 bits per heavy atom. The summed E-state index contributed by atoms with van der Waals surface area (Å²) in [4.78, 5) is 11.1. The van der Waals surface area contributed by atoms with Gasteiger partial charge in [0.05, 0.1) is 6.54 Å².